The molecule has 1 fully saturated rings. The molecule has 0 spiro atoms. The summed E-state index contributed by atoms with van der Waals surface area (Å²) in [7, 11) is 1.51. The average Bonchev–Trinajstić information content (AvgIpc) is 3.04. The first-order chi connectivity index (χ1) is 8.04. The molecular formula is C10H12BrF2N3O. The van der Waals surface area contributed by atoms with Crippen molar-refractivity contribution in [1.29, 1.82) is 0 Å². The van der Waals surface area contributed by atoms with Gasteiger partial charge in [0, 0.05) is 13.0 Å². The molecule has 7 heteroatoms. The molecule has 0 radical (unpaired) electrons. The summed E-state index contributed by atoms with van der Waals surface area (Å²) in [4.78, 5) is 11.3. The first-order valence-electron chi connectivity index (χ1n) is 5.29. The van der Waals surface area contributed by atoms with Crippen molar-refractivity contribution < 1.29 is 13.6 Å². The highest BCUT2D eigenvalue weighted by molar-refractivity contribution is 9.10. The zero-order valence-electron chi connectivity index (χ0n) is 9.21. The maximum absolute atomic E-state index is 12.7. The van der Waals surface area contributed by atoms with E-state index in [0.717, 1.165) is 12.8 Å². The number of carbonyl (C=O) groups is 1. The van der Waals surface area contributed by atoms with Gasteiger partial charge in [-0.1, -0.05) is 0 Å². The Kier molecular flexibility index (Phi) is 3.46. The third kappa shape index (κ3) is 2.48. The first-order valence-corrected chi connectivity index (χ1v) is 6.08. The van der Waals surface area contributed by atoms with Crippen molar-refractivity contribution in [2.75, 3.05) is 7.05 Å². The lowest BCUT2D eigenvalue weighted by molar-refractivity contribution is -0.121. The van der Waals surface area contributed by atoms with Gasteiger partial charge in [-0.3, -0.25) is 9.48 Å². The number of rotatable bonds is 4. The number of nitrogens with zero attached hydrogens (tertiary/aromatic N) is 2. The van der Waals surface area contributed by atoms with Crippen LogP contribution in [-0.4, -0.2) is 22.7 Å². The van der Waals surface area contributed by atoms with Crippen LogP contribution in [0.1, 0.15) is 36.6 Å². The van der Waals surface area contributed by atoms with Crippen molar-refractivity contribution in [2.24, 2.45) is 0 Å². The fraction of sp³-hybridized carbons (Fsp3) is 0.600. The predicted octanol–water partition coefficient (Wildman–Crippen LogP) is 2.21. The Balaban J connectivity index is 2.35. The van der Waals surface area contributed by atoms with Gasteiger partial charge in [-0.05, 0) is 28.8 Å². The molecule has 1 amide bonds. The van der Waals surface area contributed by atoms with Crippen LogP contribution in [0.5, 0.6) is 0 Å². The molecule has 0 unspecified atom stereocenters. The largest absolute Gasteiger partial charge is 0.358 e. The molecule has 1 saturated carbocycles. The summed E-state index contributed by atoms with van der Waals surface area (Å²) in [5, 5.41) is 6.27. The fourth-order valence-electron chi connectivity index (χ4n) is 1.69. The Morgan fingerprint density at radius 3 is 2.76 bits per heavy atom. The smallest absolute Gasteiger partial charge is 0.283 e. The topological polar surface area (TPSA) is 46.9 Å². The van der Waals surface area contributed by atoms with Gasteiger partial charge in [-0.15, -0.1) is 0 Å². The lowest BCUT2D eigenvalue weighted by Gasteiger charge is -2.05. The highest BCUT2D eigenvalue weighted by atomic mass is 79.9. The number of halogens is 3. The highest BCUT2D eigenvalue weighted by Crippen LogP contribution is 2.45. The van der Waals surface area contributed by atoms with E-state index in [-0.39, 0.29) is 24.1 Å². The summed E-state index contributed by atoms with van der Waals surface area (Å²) < 4.78 is 27.2. The molecule has 1 heterocycles. The second kappa shape index (κ2) is 4.72. The monoisotopic (exact) mass is 307 g/mol. The van der Waals surface area contributed by atoms with E-state index in [0.29, 0.717) is 10.2 Å². The van der Waals surface area contributed by atoms with E-state index in [1.54, 1.807) is 0 Å². The summed E-state index contributed by atoms with van der Waals surface area (Å²) in [6.45, 7) is -0.0202. The van der Waals surface area contributed by atoms with Crippen molar-refractivity contribution >= 4 is 21.8 Å². The Bertz CT molecular complexity index is 443. The number of likely N-dealkylation sites (N-methyl/N-ethyl adjacent to an activating group) is 1. The molecule has 0 bridgehead atoms. The molecule has 0 aliphatic heterocycles. The number of nitrogens with one attached hydrogen (secondary N) is 1. The Morgan fingerprint density at radius 1 is 1.65 bits per heavy atom. The van der Waals surface area contributed by atoms with E-state index in [1.165, 1.54) is 11.7 Å². The van der Waals surface area contributed by atoms with Gasteiger partial charge in [0.1, 0.15) is 12.2 Å². The van der Waals surface area contributed by atoms with Crippen LogP contribution in [0.15, 0.2) is 4.47 Å². The van der Waals surface area contributed by atoms with Gasteiger partial charge in [-0.25, -0.2) is 8.78 Å². The van der Waals surface area contributed by atoms with E-state index >= 15 is 0 Å². The Morgan fingerprint density at radius 2 is 2.29 bits per heavy atom. The lowest BCUT2D eigenvalue weighted by atomic mass is 10.2. The molecule has 0 atom stereocenters. The van der Waals surface area contributed by atoms with Crippen molar-refractivity contribution in [3.05, 3.63) is 15.9 Å². The van der Waals surface area contributed by atoms with Crippen LogP contribution in [0.2, 0.25) is 0 Å². The van der Waals surface area contributed by atoms with Crippen LogP contribution < -0.4 is 5.32 Å². The molecule has 0 saturated heterocycles. The van der Waals surface area contributed by atoms with Gasteiger partial charge in [0.15, 0.2) is 0 Å². The summed E-state index contributed by atoms with van der Waals surface area (Å²) in [6, 6.07) is 0. The summed E-state index contributed by atoms with van der Waals surface area (Å²) in [5.74, 6) is -0.00301. The molecule has 0 aromatic carbocycles. The van der Waals surface area contributed by atoms with Crippen molar-refractivity contribution in [1.82, 2.24) is 15.1 Å². The van der Waals surface area contributed by atoms with Crippen molar-refractivity contribution in [3.8, 4) is 0 Å². The molecule has 4 nitrogen and oxygen atoms in total. The number of amides is 1. The minimum atomic E-state index is -2.63. The summed E-state index contributed by atoms with van der Waals surface area (Å²) >= 11 is 3.16. The van der Waals surface area contributed by atoms with Gasteiger partial charge in [0.25, 0.3) is 6.43 Å². The number of alkyl halides is 2. The van der Waals surface area contributed by atoms with Crippen LogP contribution in [0.3, 0.4) is 0 Å². The highest BCUT2D eigenvalue weighted by Gasteiger charge is 2.33. The maximum Gasteiger partial charge on any atom is 0.283 e. The average molecular weight is 308 g/mol. The van der Waals surface area contributed by atoms with E-state index in [9.17, 15) is 13.6 Å². The van der Waals surface area contributed by atoms with Crippen LogP contribution >= 0.6 is 15.9 Å². The molecule has 1 aliphatic carbocycles. The van der Waals surface area contributed by atoms with Gasteiger partial charge in [0.05, 0.1) is 10.2 Å². The number of aromatic nitrogens is 2. The van der Waals surface area contributed by atoms with E-state index < -0.39 is 6.43 Å². The van der Waals surface area contributed by atoms with Crippen molar-refractivity contribution in [2.45, 2.75) is 31.7 Å². The first kappa shape index (κ1) is 12.5. The molecule has 2 rings (SSSR count). The zero-order valence-corrected chi connectivity index (χ0v) is 10.8. The lowest BCUT2D eigenvalue weighted by Crippen LogP contribution is -2.25. The minimum absolute atomic E-state index is 0.0202. The maximum atomic E-state index is 12.7. The summed E-state index contributed by atoms with van der Waals surface area (Å²) in [6.07, 6.45) is -0.714. The SMILES string of the molecule is CNC(=O)Cn1nc(C(F)F)c(Br)c1C1CC1. The molecular weight excluding hydrogens is 296 g/mol. The number of hydrogen-bond donors (Lipinski definition) is 1. The molecule has 1 N–H and O–H groups in total. The quantitative estimate of drug-likeness (QED) is 0.927. The van der Waals surface area contributed by atoms with E-state index in [4.69, 9.17) is 0 Å². The second-order valence-corrected chi connectivity index (χ2v) is 4.78. The molecule has 1 aromatic rings. The number of carbonyl (C=O) groups excluding carboxylic acids is 1. The minimum Gasteiger partial charge on any atom is -0.358 e. The van der Waals surface area contributed by atoms with Gasteiger partial charge in [0.2, 0.25) is 5.91 Å². The van der Waals surface area contributed by atoms with Gasteiger partial charge >= 0.3 is 0 Å². The molecule has 1 aromatic heterocycles. The predicted molar refractivity (Wildman–Crippen MR) is 60.9 cm³/mol. The fourth-order valence-corrected chi connectivity index (χ4v) is 2.47. The number of hydrogen-bond acceptors (Lipinski definition) is 2. The normalized spacial score (nSPS) is 15.4. The third-order valence-electron chi connectivity index (χ3n) is 2.70. The van der Waals surface area contributed by atoms with Crippen LogP contribution in [-0.2, 0) is 11.3 Å². The zero-order chi connectivity index (χ0) is 12.6. The van der Waals surface area contributed by atoms with Gasteiger partial charge < -0.3 is 5.32 Å². The van der Waals surface area contributed by atoms with Crippen LogP contribution in [0.4, 0.5) is 8.78 Å². The summed E-state index contributed by atoms with van der Waals surface area (Å²) in [5.41, 5.74) is 0.430. The molecule has 94 valence electrons. The van der Waals surface area contributed by atoms with E-state index in [2.05, 4.69) is 26.3 Å². The Hall–Kier alpha value is -0.980. The second-order valence-electron chi connectivity index (χ2n) is 3.99. The standard InChI is InChI=1S/C10H12BrF2N3O/c1-14-6(17)4-16-9(5-2-3-5)7(11)8(15-16)10(12)13/h5,10H,2-4H2,1H3,(H,14,17). The van der Waals surface area contributed by atoms with Crippen molar-refractivity contribution in [3.63, 3.8) is 0 Å². The van der Waals surface area contributed by atoms with E-state index in [1.807, 2.05) is 0 Å². The molecule has 1 aliphatic rings. The third-order valence-corrected chi connectivity index (χ3v) is 3.51. The van der Waals surface area contributed by atoms with Gasteiger partial charge in [-0.2, -0.15) is 5.10 Å². The van der Waals surface area contributed by atoms with Crippen LogP contribution in [0, 0.1) is 0 Å². The Labute approximate surface area is 105 Å². The van der Waals surface area contributed by atoms with Crippen LogP contribution in [0.25, 0.3) is 0 Å². The molecule has 17 heavy (non-hydrogen) atoms.